The summed E-state index contributed by atoms with van der Waals surface area (Å²) in [5.74, 6) is 0. The molecule has 1 aliphatic rings. The molecule has 216 valence electrons. The van der Waals surface area contributed by atoms with Crippen LogP contribution in [0.1, 0.15) is 181 Å². The molecule has 0 bridgehead atoms. The first-order valence-electron chi connectivity index (χ1n) is 16.5. The summed E-state index contributed by atoms with van der Waals surface area (Å²) < 4.78 is 0. The molecule has 0 aromatic heterocycles. The minimum absolute atomic E-state index is 0. The predicted molar refractivity (Wildman–Crippen MR) is 169 cm³/mol. The molecule has 1 rings (SSSR count). The maximum Gasteiger partial charge on any atom is 0.0893 e. The van der Waals surface area contributed by atoms with E-state index in [0.717, 1.165) is 6.67 Å². The molecule has 36 heavy (non-hydrogen) atoms. The molecular formula is C33H67BrN2. The lowest BCUT2D eigenvalue weighted by Gasteiger charge is -2.21. The molecule has 0 spiro atoms. The Kier molecular flexibility index (Phi) is 29.2. The third kappa shape index (κ3) is 24.2. The van der Waals surface area contributed by atoms with Crippen LogP contribution in [0, 0.1) is 0 Å². The van der Waals surface area contributed by atoms with Crippen LogP contribution in [0.25, 0.3) is 0 Å². The van der Waals surface area contributed by atoms with Gasteiger partial charge in [-0.05, 0) is 12.8 Å². The average Bonchev–Trinajstić information content (AvgIpc) is 3.32. The summed E-state index contributed by atoms with van der Waals surface area (Å²) in [5, 5.41) is 0. The van der Waals surface area contributed by atoms with Crippen LogP contribution in [0.3, 0.4) is 0 Å². The summed E-state index contributed by atoms with van der Waals surface area (Å²) >= 11 is 0. The van der Waals surface area contributed by atoms with Gasteiger partial charge in [0.25, 0.3) is 0 Å². The topological polar surface area (TPSA) is 6.48 Å². The minimum atomic E-state index is 0. The van der Waals surface area contributed by atoms with Gasteiger partial charge in [0.2, 0.25) is 0 Å². The molecule has 1 heterocycles. The largest absolute Gasteiger partial charge is 0.359 e. The Morgan fingerprint density at radius 1 is 0.361 bits per heavy atom. The number of halogens is 1. The fourth-order valence-electron chi connectivity index (χ4n) is 5.47. The molecule has 0 aliphatic carbocycles. The third-order valence-electron chi connectivity index (χ3n) is 7.95. The number of hydrogen-bond donors (Lipinski definition) is 0. The van der Waals surface area contributed by atoms with Gasteiger partial charge in [-0.25, -0.2) is 0 Å². The van der Waals surface area contributed by atoms with E-state index in [1.165, 1.54) is 180 Å². The van der Waals surface area contributed by atoms with Gasteiger partial charge in [-0.3, -0.25) is 0 Å². The second-order valence-electron chi connectivity index (χ2n) is 11.5. The van der Waals surface area contributed by atoms with Gasteiger partial charge in [-0.15, -0.1) is 17.0 Å². The van der Waals surface area contributed by atoms with E-state index in [9.17, 15) is 0 Å². The second kappa shape index (κ2) is 29.4. The monoisotopic (exact) mass is 570 g/mol. The van der Waals surface area contributed by atoms with E-state index in [1.54, 1.807) is 0 Å². The molecule has 0 aromatic carbocycles. The molecule has 0 N–H and O–H groups in total. The molecule has 0 radical (unpaired) electrons. The highest BCUT2D eigenvalue weighted by Gasteiger charge is 2.10. The zero-order valence-electron chi connectivity index (χ0n) is 25.0. The number of rotatable bonds is 28. The van der Waals surface area contributed by atoms with Crippen molar-refractivity contribution in [2.45, 2.75) is 181 Å². The van der Waals surface area contributed by atoms with Crippen molar-refractivity contribution in [3.8, 4) is 0 Å². The highest BCUT2D eigenvalue weighted by molar-refractivity contribution is 8.93. The van der Waals surface area contributed by atoms with Crippen molar-refractivity contribution >= 4 is 17.0 Å². The maximum atomic E-state index is 2.53. The number of hydrogen-bond acceptors (Lipinski definition) is 2. The first kappa shape index (κ1) is 35.8. The van der Waals surface area contributed by atoms with Crippen LogP contribution in [-0.2, 0) is 0 Å². The second-order valence-corrected chi connectivity index (χ2v) is 11.5. The number of unbranched alkanes of at least 4 members (excludes halogenated alkanes) is 24. The van der Waals surface area contributed by atoms with E-state index >= 15 is 0 Å². The standard InChI is InChI=1S/C33H66N2.BrH/c1-3-5-7-9-11-13-15-16-17-18-19-20-22-24-26-28-30-35-32-31-34(33-35)29-27-25-23-21-14-12-10-8-6-4-2;/h31-32H,3-30,33H2,1-2H3;1H. The molecule has 0 fully saturated rings. The van der Waals surface area contributed by atoms with Gasteiger partial charge in [0.15, 0.2) is 0 Å². The van der Waals surface area contributed by atoms with Gasteiger partial charge < -0.3 is 9.80 Å². The molecule has 1 aliphatic heterocycles. The van der Waals surface area contributed by atoms with Crippen LogP contribution in [0.4, 0.5) is 0 Å². The van der Waals surface area contributed by atoms with E-state index < -0.39 is 0 Å². The zero-order chi connectivity index (χ0) is 25.1. The minimum Gasteiger partial charge on any atom is -0.359 e. The van der Waals surface area contributed by atoms with Gasteiger partial charge in [-0.1, -0.05) is 168 Å². The first-order chi connectivity index (χ1) is 17.4. The van der Waals surface area contributed by atoms with Crippen molar-refractivity contribution in [1.82, 2.24) is 9.80 Å². The van der Waals surface area contributed by atoms with E-state index in [-0.39, 0.29) is 17.0 Å². The van der Waals surface area contributed by atoms with Crippen molar-refractivity contribution in [1.29, 1.82) is 0 Å². The van der Waals surface area contributed by atoms with Gasteiger partial charge in [0, 0.05) is 25.5 Å². The molecule has 0 saturated heterocycles. The zero-order valence-corrected chi connectivity index (χ0v) is 26.7. The quantitative estimate of drug-likeness (QED) is 0.0862. The van der Waals surface area contributed by atoms with E-state index in [1.807, 2.05) is 0 Å². The summed E-state index contributed by atoms with van der Waals surface area (Å²) in [4.78, 5) is 5.05. The summed E-state index contributed by atoms with van der Waals surface area (Å²) in [6.45, 7) is 8.25. The molecule has 0 atom stereocenters. The van der Waals surface area contributed by atoms with Gasteiger partial charge in [-0.2, -0.15) is 0 Å². The summed E-state index contributed by atoms with van der Waals surface area (Å²) in [6, 6.07) is 0. The van der Waals surface area contributed by atoms with E-state index in [2.05, 4.69) is 36.0 Å². The Hall–Kier alpha value is -0.180. The maximum absolute atomic E-state index is 2.53. The van der Waals surface area contributed by atoms with E-state index in [0.29, 0.717) is 0 Å². The highest BCUT2D eigenvalue weighted by Crippen LogP contribution is 2.15. The van der Waals surface area contributed by atoms with Crippen LogP contribution in [0.15, 0.2) is 12.4 Å². The van der Waals surface area contributed by atoms with Crippen LogP contribution in [0.5, 0.6) is 0 Å². The van der Waals surface area contributed by atoms with Crippen LogP contribution in [-0.4, -0.2) is 29.6 Å². The molecule has 0 unspecified atom stereocenters. The Balaban J connectivity index is 0.0000122. The van der Waals surface area contributed by atoms with Crippen molar-refractivity contribution in [3.05, 3.63) is 12.4 Å². The average molecular weight is 572 g/mol. The van der Waals surface area contributed by atoms with Crippen molar-refractivity contribution < 1.29 is 0 Å². The van der Waals surface area contributed by atoms with Gasteiger partial charge >= 0.3 is 0 Å². The molecule has 0 saturated carbocycles. The molecule has 2 nitrogen and oxygen atoms in total. The molecular weight excluding hydrogens is 504 g/mol. The smallest absolute Gasteiger partial charge is 0.0893 e. The van der Waals surface area contributed by atoms with Crippen molar-refractivity contribution in [2.75, 3.05) is 19.8 Å². The lowest BCUT2D eigenvalue weighted by atomic mass is 10.0. The fraction of sp³-hybridized carbons (Fsp3) is 0.939. The molecule has 0 aromatic rings. The van der Waals surface area contributed by atoms with Crippen LogP contribution in [0.2, 0.25) is 0 Å². The Bertz CT molecular complexity index is 439. The summed E-state index contributed by atoms with van der Waals surface area (Å²) in [6.07, 6.45) is 42.2. The molecule has 3 heteroatoms. The Morgan fingerprint density at radius 3 is 0.833 bits per heavy atom. The highest BCUT2D eigenvalue weighted by atomic mass is 79.9. The summed E-state index contributed by atoms with van der Waals surface area (Å²) in [7, 11) is 0. The lowest BCUT2D eigenvalue weighted by molar-refractivity contribution is 0.257. The van der Waals surface area contributed by atoms with Gasteiger partial charge in [0.1, 0.15) is 0 Å². The van der Waals surface area contributed by atoms with Gasteiger partial charge in [0.05, 0.1) is 6.67 Å². The number of nitrogens with zero attached hydrogens (tertiary/aromatic N) is 2. The summed E-state index contributed by atoms with van der Waals surface area (Å²) in [5.41, 5.74) is 0. The first-order valence-corrected chi connectivity index (χ1v) is 16.5. The SMILES string of the molecule is Br.CCCCCCCCCCCCCCCCCCN1C=CN(CCCCCCCCCCCC)C1. The predicted octanol–water partition coefficient (Wildman–Crippen LogP) is 11.8. The van der Waals surface area contributed by atoms with Crippen molar-refractivity contribution in [2.24, 2.45) is 0 Å². The van der Waals surface area contributed by atoms with E-state index in [4.69, 9.17) is 0 Å². The lowest BCUT2D eigenvalue weighted by Crippen LogP contribution is -2.26. The van der Waals surface area contributed by atoms with Crippen LogP contribution >= 0.6 is 17.0 Å². The Morgan fingerprint density at radius 2 is 0.583 bits per heavy atom. The molecule has 0 amide bonds. The third-order valence-corrected chi connectivity index (χ3v) is 7.95. The van der Waals surface area contributed by atoms with Crippen molar-refractivity contribution in [3.63, 3.8) is 0 Å². The Labute approximate surface area is 239 Å². The van der Waals surface area contributed by atoms with Crippen LogP contribution < -0.4 is 0 Å². The fourth-order valence-corrected chi connectivity index (χ4v) is 5.47. The normalized spacial score (nSPS) is 13.1.